The first-order valence-corrected chi connectivity index (χ1v) is 7.19. The molecule has 0 saturated heterocycles. The third-order valence-electron chi connectivity index (χ3n) is 3.00. The highest BCUT2D eigenvalue weighted by Crippen LogP contribution is 2.11. The summed E-state index contributed by atoms with van der Waals surface area (Å²) in [5.74, 6) is 0. The van der Waals surface area contributed by atoms with Crippen LogP contribution in [0.5, 0.6) is 0 Å². The Kier molecular flexibility index (Phi) is 12.1. The van der Waals surface area contributed by atoms with Crippen molar-refractivity contribution in [2.24, 2.45) is 0 Å². The average Bonchev–Trinajstić information content (AvgIpc) is 2.32. The van der Waals surface area contributed by atoms with Gasteiger partial charge in [-0.2, -0.15) is 0 Å². The Morgan fingerprint density at radius 1 is 0.875 bits per heavy atom. The second kappa shape index (κ2) is 12.5. The minimum absolute atomic E-state index is 1.21. The largest absolute Gasteiger partial charge is 0.0845 e. The molecule has 0 rings (SSSR count). The van der Waals surface area contributed by atoms with Crippen LogP contribution in [0.4, 0.5) is 0 Å². The van der Waals surface area contributed by atoms with Gasteiger partial charge in [0.1, 0.15) is 0 Å². The zero-order valence-electron chi connectivity index (χ0n) is 11.6. The van der Waals surface area contributed by atoms with Crippen LogP contribution in [0, 0.1) is 0 Å². The van der Waals surface area contributed by atoms with Crippen molar-refractivity contribution in [2.45, 2.75) is 78.6 Å². The van der Waals surface area contributed by atoms with E-state index in [1.165, 1.54) is 57.8 Å². The molecule has 0 aromatic heterocycles. The SMILES string of the molecule is CCCCCCC=CC=C(CC)CCCC. The molecule has 0 aliphatic rings. The van der Waals surface area contributed by atoms with E-state index in [9.17, 15) is 0 Å². The van der Waals surface area contributed by atoms with Crippen molar-refractivity contribution in [2.75, 3.05) is 0 Å². The highest BCUT2D eigenvalue weighted by Gasteiger charge is 1.91. The Hall–Kier alpha value is -0.520. The van der Waals surface area contributed by atoms with Crippen LogP contribution < -0.4 is 0 Å². The van der Waals surface area contributed by atoms with Crippen molar-refractivity contribution in [3.8, 4) is 0 Å². The quantitative estimate of drug-likeness (QED) is 0.312. The highest BCUT2D eigenvalue weighted by molar-refractivity contribution is 5.12. The summed E-state index contributed by atoms with van der Waals surface area (Å²) < 4.78 is 0. The van der Waals surface area contributed by atoms with E-state index in [1.807, 2.05) is 0 Å². The highest BCUT2D eigenvalue weighted by atomic mass is 14.0. The van der Waals surface area contributed by atoms with Gasteiger partial charge in [0.15, 0.2) is 0 Å². The molecule has 94 valence electrons. The van der Waals surface area contributed by atoms with Crippen LogP contribution in [0.3, 0.4) is 0 Å². The van der Waals surface area contributed by atoms with Gasteiger partial charge in [0, 0.05) is 0 Å². The van der Waals surface area contributed by atoms with Gasteiger partial charge < -0.3 is 0 Å². The first-order chi connectivity index (χ1) is 7.85. The van der Waals surface area contributed by atoms with Crippen LogP contribution >= 0.6 is 0 Å². The van der Waals surface area contributed by atoms with Crippen LogP contribution in [0.1, 0.15) is 78.6 Å². The second-order valence-corrected chi connectivity index (χ2v) is 4.56. The van der Waals surface area contributed by atoms with E-state index in [1.54, 1.807) is 5.57 Å². The van der Waals surface area contributed by atoms with Crippen molar-refractivity contribution < 1.29 is 0 Å². The molecule has 0 heteroatoms. The first-order valence-electron chi connectivity index (χ1n) is 7.19. The van der Waals surface area contributed by atoms with E-state index in [4.69, 9.17) is 0 Å². The maximum Gasteiger partial charge on any atom is -0.0317 e. The molecular weight excluding hydrogens is 192 g/mol. The third kappa shape index (κ3) is 10.0. The average molecular weight is 222 g/mol. The summed E-state index contributed by atoms with van der Waals surface area (Å²) in [5, 5.41) is 0. The van der Waals surface area contributed by atoms with Gasteiger partial charge in [-0.15, -0.1) is 0 Å². The Labute approximate surface area is 103 Å². The molecule has 0 heterocycles. The Morgan fingerprint density at radius 3 is 2.25 bits per heavy atom. The normalized spacial score (nSPS) is 12.6. The molecule has 0 saturated carbocycles. The molecule has 0 bridgehead atoms. The van der Waals surface area contributed by atoms with Crippen molar-refractivity contribution in [1.29, 1.82) is 0 Å². The number of hydrogen-bond donors (Lipinski definition) is 0. The maximum absolute atomic E-state index is 2.33. The van der Waals surface area contributed by atoms with Gasteiger partial charge in [0.2, 0.25) is 0 Å². The number of allylic oxidation sites excluding steroid dienone is 4. The minimum Gasteiger partial charge on any atom is -0.0845 e. The predicted octanol–water partition coefficient (Wildman–Crippen LogP) is 6.04. The summed E-state index contributed by atoms with van der Waals surface area (Å²) in [5.41, 5.74) is 1.60. The lowest BCUT2D eigenvalue weighted by atomic mass is 10.1. The fourth-order valence-electron chi connectivity index (χ4n) is 1.77. The first kappa shape index (κ1) is 15.5. The summed E-state index contributed by atoms with van der Waals surface area (Å²) in [6.45, 7) is 6.78. The van der Waals surface area contributed by atoms with E-state index in [0.29, 0.717) is 0 Å². The molecule has 0 spiro atoms. The molecule has 16 heavy (non-hydrogen) atoms. The maximum atomic E-state index is 2.33. The van der Waals surface area contributed by atoms with Crippen LogP contribution in [0.15, 0.2) is 23.8 Å². The molecule has 0 amide bonds. The molecule has 0 nitrogen and oxygen atoms in total. The van der Waals surface area contributed by atoms with E-state index in [0.717, 1.165) is 0 Å². The van der Waals surface area contributed by atoms with Gasteiger partial charge in [0.25, 0.3) is 0 Å². The summed E-state index contributed by atoms with van der Waals surface area (Å²) in [4.78, 5) is 0. The summed E-state index contributed by atoms with van der Waals surface area (Å²) >= 11 is 0. The molecule has 0 aromatic carbocycles. The lowest BCUT2D eigenvalue weighted by Crippen LogP contribution is -1.80. The number of unbranched alkanes of at least 4 members (excludes halogenated alkanes) is 5. The zero-order chi connectivity index (χ0) is 12.1. The lowest BCUT2D eigenvalue weighted by Gasteiger charge is -2.01. The standard InChI is InChI=1S/C16H30/c1-4-7-9-10-11-12-13-15-16(6-3)14-8-5-2/h12-13,15H,4-11,14H2,1-3H3. The van der Waals surface area contributed by atoms with Crippen LogP contribution in [0.2, 0.25) is 0 Å². The third-order valence-corrected chi connectivity index (χ3v) is 3.00. The molecule has 0 radical (unpaired) electrons. The fraction of sp³-hybridized carbons (Fsp3) is 0.750. The van der Waals surface area contributed by atoms with Gasteiger partial charge >= 0.3 is 0 Å². The van der Waals surface area contributed by atoms with Crippen molar-refractivity contribution in [1.82, 2.24) is 0 Å². The molecule has 0 aromatic rings. The molecular formula is C16H30. The Morgan fingerprint density at radius 2 is 1.62 bits per heavy atom. The van der Waals surface area contributed by atoms with Crippen molar-refractivity contribution >= 4 is 0 Å². The Bertz CT molecular complexity index is 186. The van der Waals surface area contributed by atoms with Crippen LogP contribution in [0.25, 0.3) is 0 Å². The molecule has 0 atom stereocenters. The molecule has 0 aliphatic carbocycles. The van der Waals surface area contributed by atoms with Crippen molar-refractivity contribution in [3.63, 3.8) is 0 Å². The second-order valence-electron chi connectivity index (χ2n) is 4.56. The topological polar surface area (TPSA) is 0 Å². The van der Waals surface area contributed by atoms with E-state index >= 15 is 0 Å². The van der Waals surface area contributed by atoms with E-state index in [-0.39, 0.29) is 0 Å². The summed E-state index contributed by atoms with van der Waals surface area (Å²) in [6, 6.07) is 0. The Balaban J connectivity index is 3.62. The van der Waals surface area contributed by atoms with Crippen molar-refractivity contribution in [3.05, 3.63) is 23.8 Å². The van der Waals surface area contributed by atoms with Gasteiger partial charge in [-0.25, -0.2) is 0 Å². The van der Waals surface area contributed by atoms with Gasteiger partial charge in [-0.3, -0.25) is 0 Å². The molecule has 0 unspecified atom stereocenters. The number of rotatable bonds is 10. The van der Waals surface area contributed by atoms with Gasteiger partial charge in [-0.05, 0) is 32.1 Å². The van der Waals surface area contributed by atoms with Gasteiger partial charge in [0.05, 0.1) is 0 Å². The fourth-order valence-corrected chi connectivity index (χ4v) is 1.77. The number of hydrogen-bond acceptors (Lipinski definition) is 0. The summed E-state index contributed by atoms with van der Waals surface area (Å²) in [6.07, 6.45) is 18.8. The lowest BCUT2D eigenvalue weighted by molar-refractivity contribution is 0.674. The van der Waals surface area contributed by atoms with Crippen LogP contribution in [-0.4, -0.2) is 0 Å². The zero-order valence-corrected chi connectivity index (χ0v) is 11.6. The van der Waals surface area contributed by atoms with Gasteiger partial charge in [-0.1, -0.05) is 70.3 Å². The van der Waals surface area contributed by atoms with E-state index < -0.39 is 0 Å². The monoisotopic (exact) mass is 222 g/mol. The minimum atomic E-state index is 1.21. The molecule has 0 fully saturated rings. The smallest absolute Gasteiger partial charge is 0.0317 e. The predicted molar refractivity (Wildman–Crippen MR) is 75.8 cm³/mol. The molecule has 0 N–H and O–H groups in total. The van der Waals surface area contributed by atoms with Crippen LogP contribution in [-0.2, 0) is 0 Å². The molecule has 0 aliphatic heterocycles. The summed E-state index contributed by atoms with van der Waals surface area (Å²) in [7, 11) is 0. The van der Waals surface area contributed by atoms with E-state index in [2.05, 4.69) is 39.0 Å².